The summed E-state index contributed by atoms with van der Waals surface area (Å²) in [6, 6.07) is -0.156. The summed E-state index contributed by atoms with van der Waals surface area (Å²) in [5.41, 5.74) is 0.881. The molecule has 1 aromatic heterocycles. The van der Waals surface area contributed by atoms with Crippen LogP contribution in [0, 0.1) is 18.3 Å². The highest BCUT2D eigenvalue weighted by atomic mass is 16.3. The van der Waals surface area contributed by atoms with Gasteiger partial charge in [0.25, 0.3) is 11.5 Å². The van der Waals surface area contributed by atoms with Crippen LogP contribution in [0.1, 0.15) is 81.4 Å². The maximum Gasteiger partial charge on any atom is 0.263 e. The van der Waals surface area contributed by atoms with Crippen LogP contribution in [0.5, 0.6) is 0 Å². The highest BCUT2D eigenvalue weighted by Gasteiger charge is 2.34. The van der Waals surface area contributed by atoms with E-state index in [0.29, 0.717) is 18.9 Å². The predicted octanol–water partition coefficient (Wildman–Crippen LogP) is 1.91. The van der Waals surface area contributed by atoms with E-state index < -0.39 is 42.5 Å². The number of carbonyl (C=O) groups excluding carboxylic acids is 2. The largest absolute Gasteiger partial charge is 0.394 e. The fourth-order valence-electron chi connectivity index (χ4n) is 4.61. The maximum atomic E-state index is 13.4. The van der Waals surface area contributed by atoms with E-state index in [9.17, 15) is 24.6 Å². The molecule has 1 atom stereocenters. The van der Waals surface area contributed by atoms with Crippen molar-refractivity contribution in [3.63, 3.8) is 0 Å². The monoisotopic (exact) mass is 463 g/mol. The minimum atomic E-state index is -0.956. The number of aromatic nitrogens is 1. The Balaban J connectivity index is 2.36. The fraction of sp³-hybridized carbons (Fsp3) is 0.720. The van der Waals surface area contributed by atoms with Gasteiger partial charge in [0.05, 0.1) is 19.3 Å². The van der Waals surface area contributed by atoms with Crippen LogP contribution in [0.4, 0.5) is 0 Å². The molecule has 0 aliphatic heterocycles. The van der Waals surface area contributed by atoms with Crippen molar-refractivity contribution in [2.24, 2.45) is 11.3 Å². The van der Waals surface area contributed by atoms with Crippen LogP contribution in [0.3, 0.4) is 0 Å². The van der Waals surface area contributed by atoms with Crippen molar-refractivity contribution >= 4 is 11.8 Å². The normalized spacial score (nSPS) is 16.0. The summed E-state index contributed by atoms with van der Waals surface area (Å²) >= 11 is 0. The summed E-state index contributed by atoms with van der Waals surface area (Å²) in [7, 11) is 0. The Morgan fingerprint density at radius 1 is 1.12 bits per heavy atom. The molecule has 0 saturated heterocycles. The summed E-state index contributed by atoms with van der Waals surface area (Å²) in [4.78, 5) is 39.5. The van der Waals surface area contributed by atoms with Gasteiger partial charge < -0.3 is 25.4 Å². The van der Waals surface area contributed by atoms with Gasteiger partial charge in [0.1, 0.15) is 11.6 Å². The van der Waals surface area contributed by atoms with Gasteiger partial charge in [-0.2, -0.15) is 0 Å². The van der Waals surface area contributed by atoms with Gasteiger partial charge in [-0.3, -0.25) is 14.4 Å². The lowest BCUT2D eigenvalue weighted by Gasteiger charge is -2.31. The molecule has 1 fully saturated rings. The number of carbonyl (C=O) groups is 2. The maximum absolute atomic E-state index is 13.4. The molecule has 1 saturated carbocycles. The second kappa shape index (κ2) is 11.8. The van der Waals surface area contributed by atoms with Crippen molar-refractivity contribution in [2.75, 3.05) is 13.2 Å². The lowest BCUT2D eigenvalue weighted by Crippen LogP contribution is -2.57. The van der Waals surface area contributed by atoms with E-state index in [1.807, 2.05) is 13.8 Å². The molecule has 0 bridgehead atoms. The predicted molar refractivity (Wildman–Crippen MR) is 128 cm³/mol. The lowest BCUT2D eigenvalue weighted by atomic mass is 9.85. The molecule has 8 heteroatoms. The van der Waals surface area contributed by atoms with Gasteiger partial charge in [0.2, 0.25) is 5.91 Å². The average Bonchev–Trinajstić information content (AvgIpc) is 2.77. The lowest BCUT2D eigenvalue weighted by molar-refractivity contribution is -0.126. The molecule has 1 aliphatic rings. The van der Waals surface area contributed by atoms with Crippen molar-refractivity contribution in [2.45, 2.75) is 91.8 Å². The molecule has 8 nitrogen and oxygen atoms in total. The van der Waals surface area contributed by atoms with Gasteiger partial charge in [0.15, 0.2) is 0 Å². The van der Waals surface area contributed by atoms with Crippen LogP contribution in [0.25, 0.3) is 0 Å². The molecule has 0 radical (unpaired) electrons. The van der Waals surface area contributed by atoms with Crippen LogP contribution in [0.2, 0.25) is 0 Å². The third kappa shape index (κ3) is 6.90. The topological polar surface area (TPSA) is 121 Å². The van der Waals surface area contributed by atoms with E-state index in [4.69, 9.17) is 0 Å². The summed E-state index contributed by atoms with van der Waals surface area (Å²) in [6.07, 6.45) is 6.46. The summed E-state index contributed by atoms with van der Waals surface area (Å²) in [5.74, 6) is -0.683. The average molecular weight is 464 g/mol. The van der Waals surface area contributed by atoms with Crippen molar-refractivity contribution in [1.82, 2.24) is 15.2 Å². The minimum absolute atomic E-state index is 0.0309. The Morgan fingerprint density at radius 3 is 2.24 bits per heavy atom. The zero-order valence-electron chi connectivity index (χ0n) is 20.7. The summed E-state index contributed by atoms with van der Waals surface area (Å²) < 4.78 is 1.76. The molecule has 1 heterocycles. The van der Waals surface area contributed by atoms with Crippen molar-refractivity contribution in [1.29, 1.82) is 0 Å². The van der Waals surface area contributed by atoms with Gasteiger partial charge in [-0.1, -0.05) is 47.0 Å². The Kier molecular flexibility index (Phi) is 9.67. The number of nitrogens with one attached hydrogen (secondary N) is 2. The summed E-state index contributed by atoms with van der Waals surface area (Å²) in [6.45, 7) is 9.10. The molecule has 4 N–H and O–H groups in total. The van der Waals surface area contributed by atoms with E-state index in [2.05, 4.69) is 10.6 Å². The minimum Gasteiger partial charge on any atom is -0.394 e. The number of aliphatic hydroxyl groups is 2. The van der Waals surface area contributed by atoms with Gasteiger partial charge in [-0.15, -0.1) is 0 Å². The third-order valence-corrected chi connectivity index (χ3v) is 6.55. The Hall–Kier alpha value is -2.19. The molecule has 186 valence electrons. The Bertz CT molecular complexity index is 877. The number of aliphatic hydroxyl groups excluding tert-OH is 2. The number of pyridine rings is 1. The van der Waals surface area contributed by atoms with Crippen molar-refractivity contribution < 1.29 is 19.8 Å². The number of hydrogen-bond donors (Lipinski definition) is 4. The van der Waals surface area contributed by atoms with E-state index >= 15 is 0 Å². The van der Waals surface area contributed by atoms with Gasteiger partial charge in [0, 0.05) is 12.2 Å². The Labute approximate surface area is 196 Å². The van der Waals surface area contributed by atoms with Gasteiger partial charge >= 0.3 is 0 Å². The zero-order chi connectivity index (χ0) is 24.8. The fourth-order valence-corrected chi connectivity index (χ4v) is 4.61. The first-order valence-corrected chi connectivity index (χ1v) is 12.1. The standard InChI is InChI=1S/C25H41N3O5/c1-6-20-16(2)12-19(24(33)28(20)13-17-10-8-7-9-11-17)22(31)27-21(25(3,4)5)23(32)26-18(14-29)15-30/h12,17-18,21,29-30H,6-11,13-15H2,1-5H3,(H,26,32)(H,27,31). The van der Waals surface area contributed by atoms with Gasteiger partial charge in [-0.25, -0.2) is 0 Å². The molecular weight excluding hydrogens is 422 g/mol. The first-order chi connectivity index (χ1) is 15.5. The molecular formula is C25H41N3O5. The van der Waals surface area contributed by atoms with Crippen LogP contribution in [0.15, 0.2) is 10.9 Å². The molecule has 33 heavy (non-hydrogen) atoms. The number of nitrogens with zero attached hydrogens (tertiary/aromatic N) is 1. The van der Waals surface area contributed by atoms with E-state index in [1.165, 1.54) is 19.3 Å². The highest BCUT2D eigenvalue weighted by Crippen LogP contribution is 2.26. The first kappa shape index (κ1) is 27.1. The van der Waals surface area contributed by atoms with Crippen LogP contribution in [-0.2, 0) is 17.8 Å². The van der Waals surface area contributed by atoms with Crippen molar-refractivity contribution in [3.05, 3.63) is 33.2 Å². The first-order valence-electron chi connectivity index (χ1n) is 12.1. The number of amides is 2. The zero-order valence-corrected chi connectivity index (χ0v) is 20.7. The quantitative estimate of drug-likeness (QED) is 0.446. The van der Waals surface area contributed by atoms with Crippen molar-refractivity contribution in [3.8, 4) is 0 Å². The summed E-state index contributed by atoms with van der Waals surface area (Å²) in [5, 5.41) is 23.9. The van der Waals surface area contributed by atoms with Crippen LogP contribution >= 0.6 is 0 Å². The molecule has 1 aliphatic carbocycles. The molecule has 2 rings (SSSR count). The number of rotatable bonds is 9. The second-order valence-corrected chi connectivity index (χ2v) is 10.3. The van der Waals surface area contributed by atoms with Crippen LogP contribution in [-0.4, -0.2) is 51.9 Å². The van der Waals surface area contributed by atoms with E-state index in [1.54, 1.807) is 31.4 Å². The Morgan fingerprint density at radius 2 is 1.73 bits per heavy atom. The van der Waals surface area contributed by atoms with Gasteiger partial charge in [-0.05, 0) is 49.1 Å². The SMILES string of the molecule is CCc1c(C)cc(C(=O)NC(C(=O)NC(CO)CO)C(C)(C)C)c(=O)n1CC1CCCCC1. The highest BCUT2D eigenvalue weighted by molar-refractivity contribution is 5.97. The molecule has 0 aromatic carbocycles. The molecule has 0 spiro atoms. The number of aryl methyl sites for hydroxylation is 1. The van der Waals surface area contributed by atoms with E-state index in [0.717, 1.165) is 24.1 Å². The number of hydrogen-bond acceptors (Lipinski definition) is 5. The second-order valence-electron chi connectivity index (χ2n) is 10.3. The molecule has 1 unspecified atom stereocenters. The molecule has 2 amide bonds. The van der Waals surface area contributed by atoms with E-state index in [-0.39, 0.29) is 11.1 Å². The van der Waals surface area contributed by atoms with Crippen LogP contribution < -0.4 is 16.2 Å². The smallest absolute Gasteiger partial charge is 0.263 e. The molecule has 1 aromatic rings. The third-order valence-electron chi connectivity index (χ3n) is 6.55.